The van der Waals surface area contributed by atoms with Crippen LogP contribution in [0.1, 0.15) is 0 Å². The van der Waals surface area contributed by atoms with E-state index in [2.05, 4.69) is 42.8 Å². The molecule has 5 heteroatoms. The highest BCUT2D eigenvalue weighted by Gasteiger charge is 2.09. The van der Waals surface area contributed by atoms with Crippen LogP contribution in [0.3, 0.4) is 0 Å². The Morgan fingerprint density at radius 2 is 2.12 bits per heavy atom. The zero-order chi connectivity index (χ0) is 6.57. The van der Waals surface area contributed by atoms with Crippen LogP contribution in [0.4, 0.5) is 0 Å². The van der Waals surface area contributed by atoms with Crippen molar-refractivity contribution in [3.8, 4) is 0 Å². The third kappa shape index (κ3) is 3.09. The first-order valence-corrected chi connectivity index (χ1v) is 3.68. The summed E-state index contributed by atoms with van der Waals surface area (Å²) >= 11 is 11.4. The largest absolute Gasteiger partial charge is 0.390 e. The summed E-state index contributed by atoms with van der Waals surface area (Å²) in [6.45, 7) is 0. The number of nitrogens with one attached hydrogen (secondary N) is 1. The molecular formula is C3H9NOS3. The molecule has 0 rings (SSSR count). The molecule has 0 radical (unpaired) electrons. The van der Waals surface area contributed by atoms with Crippen molar-refractivity contribution in [2.45, 2.75) is 11.5 Å². The Hall–Kier alpha value is 0.970. The van der Waals surface area contributed by atoms with Gasteiger partial charge in [0.25, 0.3) is 0 Å². The smallest absolute Gasteiger partial charge is 0.0879 e. The average molecular weight is 171 g/mol. The maximum Gasteiger partial charge on any atom is 0.0879 e. The maximum absolute atomic E-state index is 8.86. The highest BCUT2D eigenvalue weighted by molar-refractivity contribution is 7.83. The lowest BCUT2D eigenvalue weighted by Gasteiger charge is -2.12. The highest BCUT2D eigenvalue weighted by atomic mass is 32.1. The predicted octanol–water partition coefficient (Wildman–Crippen LogP) is -0.0326. The zero-order valence-corrected chi connectivity index (χ0v) is 6.83. The van der Waals surface area contributed by atoms with E-state index in [0.717, 1.165) is 0 Å². The van der Waals surface area contributed by atoms with Gasteiger partial charge in [0.1, 0.15) is 0 Å². The molecule has 50 valence electrons. The molecule has 0 aliphatic heterocycles. The maximum atomic E-state index is 8.86. The van der Waals surface area contributed by atoms with Gasteiger partial charge in [-0.3, -0.25) is 4.72 Å². The summed E-state index contributed by atoms with van der Waals surface area (Å²) in [5.41, 5.74) is 0. The Balaban J connectivity index is 3.29. The van der Waals surface area contributed by atoms with Gasteiger partial charge >= 0.3 is 0 Å². The van der Waals surface area contributed by atoms with E-state index in [0.29, 0.717) is 5.75 Å². The SMILES string of the molecule is OC(CS)C(S)NS. The van der Waals surface area contributed by atoms with E-state index in [-0.39, 0.29) is 5.37 Å². The van der Waals surface area contributed by atoms with E-state index in [1.54, 1.807) is 0 Å². The molecule has 0 aliphatic carbocycles. The van der Waals surface area contributed by atoms with Crippen molar-refractivity contribution in [2.24, 2.45) is 0 Å². The molecule has 2 N–H and O–H groups in total. The van der Waals surface area contributed by atoms with Crippen LogP contribution in [0.2, 0.25) is 0 Å². The molecule has 0 aromatic carbocycles. The Kier molecular flexibility index (Phi) is 5.40. The van der Waals surface area contributed by atoms with Crippen molar-refractivity contribution in [3.63, 3.8) is 0 Å². The van der Waals surface area contributed by atoms with Crippen LogP contribution in [-0.2, 0) is 0 Å². The van der Waals surface area contributed by atoms with Crippen LogP contribution in [0, 0.1) is 0 Å². The van der Waals surface area contributed by atoms with E-state index in [9.17, 15) is 0 Å². The number of aliphatic hydroxyl groups excluding tert-OH is 1. The van der Waals surface area contributed by atoms with Gasteiger partial charge in [-0.2, -0.15) is 25.3 Å². The zero-order valence-electron chi connectivity index (χ0n) is 4.15. The molecule has 2 atom stereocenters. The van der Waals surface area contributed by atoms with Crippen molar-refractivity contribution in [2.75, 3.05) is 5.75 Å². The Labute approximate surface area is 65.4 Å². The van der Waals surface area contributed by atoms with E-state index in [1.807, 2.05) is 0 Å². The van der Waals surface area contributed by atoms with Crippen LogP contribution < -0.4 is 4.72 Å². The van der Waals surface area contributed by atoms with Crippen molar-refractivity contribution in [1.82, 2.24) is 4.72 Å². The molecule has 0 fully saturated rings. The Morgan fingerprint density at radius 1 is 1.62 bits per heavy atom. The van der Waals surface area contributed by atoms with Crippen LogP contribution in [-0.4, -0.2) is 22.3 Å². The summed E-state index contributed by atoms with van der Waals surface area (Å²) in [7, 11) is 0. The topological polar surface area (TPSA) is 32.3 Å². The monoisotopic (exact) mass is 171 g/mol. The van der Waals surface area contributed by atoms with Crippen molar-refractivity contribution in [1.29, 1.82) is 0 Å². The summed E-state index contributed by atoms with van der Waals surface area (Å²) in [5, 5.41) is 8.57. The van der Waals surface area contributed by atoms with Gasteiger partial charge in [-0.15, -0.1) is 0 Å². The second kappa shape index (κ2) is 4.81. The molecular weight excluding hydrogens is 162 g/mol. The van der Waals surface area contributed by atoms with Crippen LogP contribution in [0.15, 0.2) is 0 Å². The molecule has 0 bridgehead atoms. The van der Waals surface area contributed by atoms with Crippen molar-refractivity contribution >= 4 is 38.1 Å². The molecule has 2 nitrogen and oxygen atoms in total. The van der Waals surface area contributed by atoms with Crippen LogP contribution in [0.25, 0.3) is 0 Å². The molecule has 0 aromatic rings. The molecule has 0 spiro atoms. The minimum Gasteiger partial charge on any atom is -0.390 e. The summed E-state index contributed by atoms with van der Waals surface area (Å²) in [6.07, 6.45) is -0.542. The number of aliphatic hydroxyl groups is 1. The molecule has 0 saturated heterocycles. The first-order valence-electron chi connectivity index (χ1n) is 2.09. The fourth-order valence-electron chi connectivity index (χ4n) is 0.186. The lowest BCUT2D eigenvalue weighted by atomic mass is 10.4. The van der Waals surface area contributed by atoms with E-state index in [4.69, 9.17) is 5.11 Å². The lowest BCUT2D eigenvalue weighted by molar-refractivity contribution is 0.194. The molecule has 0 aromatic heterocycles. The first-order chi connectivity index (χ1) is 3.72. The predicted molar refractivity (Wildman–Crippen MR) is 44.8 cm³/mol. The van der Waals surface area contributed by atoms with Gasteiger partial charge < -0.3 is 5.11 Å². The minimum absolute atomic E-state index is 0.296. The number of thiol groups is 3. The third-order valence-electron chi connectivity index (χ3n) is 0.684. The average Bonchev–Trinajstić information content (AvgIpc) is 1.84. The second-order valence-electron chi connectivity index (χ2n) is 1.32. The summed E-state index contributed by atoms with van der Waals surface area (Å²) in [6, 6.07) is 0. The first kappa shape index (κ1) is 8.97. The van der Waals surface area contributed by atoms with Gasteiger partial charge in [0.15, 0.2) is 0 Å². The Bertz CT molecular complexity index is 54.5. The van der Waals surface area contributed by atoms with Gasteiger partial charge in [-0.25, -0.2) is 0 Å². The second-order valence-corrected chi connectivity index (χ2v) is 2.50. The standard InChI is InChI=1S/C3H9NOS3/c5-2(1-6)3(7)4-8/h2-8H,1H2. The van der Waals surface area contributed by atoms with Gasteiger partial charge in [-0.1, -0.05) is 12.8 Å². The molecule has 0 saturated carbocycles. The van der Waals surface area contributed by atoms with Crippen LogP contribution >= 0.6 is 38.1 Å². The molecule has 2 unspecified atom stereocenters. The summed E-state index contributed by atoms with van der Waals surface area (Å²) < 4.78 is 2.48. The number of rotatable bonds is 3. The molecule has 8 heavy (non-hydrogen) atoms. The quantitative estimate of drug-likeness (QED) is 0.305. The van der Waals surface area contributed by atoms with Gasteiger partial charge in [-0.05, 0) is 0 Å². The van der Waals surface area contributed by atoms with Gasteiger partial charge in [0.05, 0.1) is 11.5 Å². The third-order valence-corrected chi connectivity index (χ3v) is 2.01. The molecule has 0 aliphatic rings. The number of hydrogen-bond acceptors (Lipinski definition) is 5. The van der Waals surface area contributed by atoms with E-state index >= 15 is 0 Å². The van der Waals surface area contributed by atoms with Gasteiger partial charge in [0, 0.05) is 5.75 Å². The normalized spacial score (nSPS) is 18.0. The van der Waals surface area contributed by atoms with Crippen LogP contribution in [0.5, 0.6) is 0 Å². The number of hydrogen-bond donors (Lipinski definition) is 5. The fraction of sp³-hybridized carbons (Fsp3) is 1.00. The molecule has 0 amide bonds. The van der Waals surface area contributed by atoms with Crippen molar-refractivity contribution in [3.05, 3.63) is 0 Å². The minimum atomic E-state index is -0.542. The lowest BCUT2D eigenvalue weighted by Crippen LogP contribution is -2.30. The van der Waals surface area contributed by atoms with Crippen molar-refractivity contribution < 1.29 is 5.11 Å². The fourth-order valence-corrected chi connectivity index (χ4v) is 0.840. The molecule has 0 heterocycles. The summed E-state index contributed by atoms with van der Waals surface area (Å²) in [4.78, 5) is 0. The summed E-state index contributed by atoms with van der Waals surface area (Å²) in [5.74, 6) is 0.391. The van der Waals surface area contributed by atoms with E-state index < -0.39 is 6.10 Å². The highest BCUT2D eigenvalue weighted by Crippen LogP contribution is 1.99. The Morgan fingerprint density at radius 3 is 2.25 bits per heavy atom. The van der Waals surface area contributed by atoms with Gasteiger partial charge in [0.2, 0.25) is 0 Å². The van der Waals surface area contributed by atoms with E-state index in [1.165, 1.54) is 0 Å².